The van der Waals surface area contributed by atoms with Gasteiger partial charge in [0.15, 0.2) is 0 Å². The monoisotopic (exact) mass is 227 g/mol. The lowest BCUT2D eigenvalue weighted by atomic mass is 9.90. The van der Waals surface area contributed by atoms with Crippen LogP contribution in [0.3, 0.4) is 0 Å². The van der Waals surface area contributed by atoms with Crippen LogP contribution in [0, 0.1) is 11.3 Å². The Kier molecular flexibility index (Phi) is 5.77. The average Bonchev–Trinajstić information content (AvgIpc) is 2.54. The molecule has 2 heteroatoms. The Labute approximate surface area is 101 Å². The zero-order valence-corrected chi connectivity index (χ0v) is 11.3. The van der Waals surface area contributed by atoms with Crippen molar-refractivity contribution in [1.82, 2.24) is 5.32 Å². The van der Waals surface area contributed by atoms with Crippen molar-refractivity contribution in [3.05, 3.63) is 0 Å². The summed E-state index contributed by atoms with van der Waals surface area (Å²) in [7, 11) is 0. The molecule has 0 bridgehead atoms. The van der Waals surface area contributed by atoms with Gasteiger partial charge in [-0.1, -0.05) is 39.5 Å². The molecule has 96 valence electrons. The van der Waals surface area contributed by atoms with Crippen molar-refractivity contribution in [3.63, 3.8) is 0 Å². The SMILES string of the molecule is C[C@H](NCC(C)(C)CO)C1CCCCCC1. The Morgan fingerprint density at radius 1 is 1.19 bits per heavy atom. The van der Waals surface area contributed by atoms with Crippen molar-refractivity contribution in [3.8, 4) is 0 Å². The summed E-state index contributed by atoms with van der Waals surface area (Å²) < 4.78 is 0. The maximum absolute atomic E-state index is 9.22. The van der Waals surface area contributed by atoms with Gasteiger partial charge in [0.05, 0.1) is 0 Å². The van der Waals surface area contributed by atoms with E-state index in [1.54, 1.807) is 0 Å². The normalized spacial score (nSPS) is 21.8. The molecule has 1 atom stereocenters. The highest BCUT2D eigenvalue weighted by Crippen LogP contribution is 2.25. The van der Waals surface area contributed by atoms with E-state index in [-0.39, 0.29) is 12.0 Å². The number of nitrogens with one attached hydrogen (secondary N) is 1. The second kappa shape index (κ2) is 6.61. The van der Waals surface area contributed by atoms with Crippen LogP contribution in [-0.2, 0) is 0 Å². The lowest BCUT2D eigenvalue weighted by molar-refractivity contribution is 0.148. The van der Waals surface area contributed by atoms with E-state index in [2.05, 4.69) is 26.1 Å². The molecule has 2 N–H and O–H groups in total. The van der Waals surface area contributed by atoms with Crippen molar-refractivity contribution >= 4 is 0 Å². The first-order valence-corrected chi connectivity index (χ1v) is 6.89. The summed E-state index contributed by atoms with van der Waals surface area (Å²) in [4.78, 5) is 0. The van der Waals surface area contributed by atoms with Gasteiger partial charge in [0.2, 0.25) is 0 Å². The van der Waals surface area contributed by atoms with Crippen LogP contribution in [0.1, 0.15) is 59.3 Å². The molecule has 16 heavy (non-hydrogen) atoms. The van der Waals surface area contributed by atoms with Gasteiger partial charge in [-0.05, 0) is 25.7 Å². The molecule has 0 spiro atoms. The van der Waals surface area contributed by atoms with Gasteiger partial charge in [0.1, 0.15) is 0 Å². The smallest absolute Gasteiger partial charge is 0.0494 e. The van der Waals surface area contributed by atoms with Gasteiger partial charge in [-0.15, -0.1) is 0 Å². The molecule has 1 fully saturated rings. The third-order valence-corrected chi connectivity index (χ3v) is 3.94. The predicted molar refractivity (Wildman–Crippen MR) is 69.5 cm³/mol. The minimum absolute atomic E-state index is 0.0129. The van der Waals surface area contributed by atoms with E-state index in [0.29, 0.717) is 6.04 Å². The summed E-state index contributed by atoms with van der Waals surface area (Å²) in [6, 6.07) is 0.601. The van der Waals surface area contributed by atoms with E-state index in [9.17, 15) is 5.11 Å². The molecule has 1 aliphatic carbocycles. The van der Waals surface area contributed by atoms with E-state index in [1.165, 1.54) is 38.5 Å². The maximum Gasteiger partial charge on any atom is 0.0494 e. The van der Waals surface area contributed by atoms with Crippen LogP contribution in [-0.4, -0.2) is 24.3 Å². The third-order valence-electron chi connectivity index (χ3n) is 3.94. The third kappa shape index (κ3) is 4.84. The highest BCUT2D eigenvalue weighted by Gasteiger charge is 2.22. The van der Waals surface area contributed by atoms with Crippen LogP contribution in [0.15, 0.2) is 0 Å². The molecule has 0 radical (unpaired) electrons. The van der Waals surface area contributed by atoms with Gasteiger partial charge in [-0.25, -0.2) is 0 Å². The Morgan fingerprint density at radius 3 is 2.25 bits per heavy atom. The summed E-state index contributed by atoms with van der Waals surface area (Å²) in [5.41, 5.74) is 0.0129. The zero-order valence-electron chi connectivity index (χ0n) is 11.3. The summed E-state index contributed by atoms with van der Waals surface area (Å²) in [5, 5.41) is 12.8. The molecule has 0 heterocycles. The Balaban J connectivity index is 2.30. The van der Waals surface area contributed by atoms with Crippen LogP contribution >= 0.6 is 0 Å². The Morgan fingerprint density at radius 2 is 1.75 bits per heavy atom. The topological polar surface area (TPSA) is 32.3 Å². The van der Waals surface area contributed by atoms with Crippen molar-refractivity contribution < 1.29 is 5.11 Å². The first-order valence-electron chi connectivity index (χ1n) is 6.89. The first kappa shape index (κ1) is 14.0. The fourth-order valence-electron chi connectivity index (χ4n) is 2.47. The summed E-state index contributed by atoms with van der Waals surface area (Å²) in [5.74, 6) is 0.844. The second-order valence-corrected chi connectivity index (χ2v) is 6.24. The highest BCUT2D eigenvalue weighted by atomic mass is 16.3. The number of hydrogen-bond acceptors (Lipinski definition) is 2. The van der Waals surface area contributed by atoms with Crippen molar-refractivity contribution in [2.75, 3.05) is 13.2 Å². The first-order chi connectivity index (χ1) is 7.55. The van der Waals surface area contributed by atoms with Crippen LogP contribution < -0.4 is 5.32 Å². The maximum atomic E-state index is 9.22. The van der Waals surface area contributed by atoms with Crippen LogP contribution in [0.25, 0.3) is 0 Å². The molecule has 0 aliphatic heterocycles. The molecular formula is C14H29NO. The Bertz CT molecular complexity index is 183. The predicted octanol–water partition coefficient (Wildman–Crippen LogP) is 2.95. The molecule has 0 unspecified atom stereocenters. The van der Waals surface area contributed by atoms with Crippen molar-refractivity contribution in [1.29, 1.82) is 0 Å². The Hall–Kier alpha value is -0.0800. The summed E-state index contributed by atoms with van der Waals surface area (Å²) in [6.45, 7) is 7.71. The van der Waals surface area contributed by atoms with Gasteiger partial charge < -0.3 is 10.4 Å². The lowest BCUT2D eigenvalue weighted by Gasteiger charge is -2.29. The van der Waals surface area contributed by atoms with Crippen LogP contribution in [0.4, 0.5) is 0 Å². The van der Waals surface area contributed by atoms with Crippen molar-refractivity contribution in [2.45, 2.75) is 65.3 Å². The fourth-order valence-corrected chi connectivity index (χ4v) is 2.47. The van der Waals surface area contributed by atoms with E-state index in [4.69, 9.17) is 0 Å². The standard InChI is InChI=1S/C14H29NO/c1-12(15-10-14(2,3)11-16)13-8-6-4-5-7-9-13/h12-13,15-16H,4-11H2,1-3H3/t12-/m0/s1. The molecule has 2 nitrogen and oxygen atoms in total. The molecule has 0 aromatic heterocycles. The second-order valence-electron chi connectivity index (χ2n) is 6.24. The number of rotatable bonds is 5. The van der Waals surface area contributed by atoms with E-state index >= 15 is 0 Å². The minimum atomic E-state index is 0.0129. The van der Waals surface area contributed by atoms with Gasteiger partial charge in [-0.2, -0.15) is 0 Å². The van der Waals surface area contributed by atoms with E-state index < -0.39 is 0 Å². The highest BCUT2D eigenvalue weighted by molar-refractivity contribution is 4.78. The van der Waals surface area contributed by atoms with Crippen LogP contribution in [0.5, 0.6) is 0 Å². The van der Waals surface area contributed by atoms with E-state index in [1.807, 2.05) is 0 Å². The molecular weight excluding hydrogens is 198 g/mol. The summed E-state index contributed by atoms with van der Waals surface area (Å²) >= 11 is 0. The molecule has 1 rings (SSSR count). The minimum Gasteiger partial charge on any atom is -0.396 e. The van der Waals surface area contributed by atoms with Gasteiger partial charge in [0.25, 0.3) is 0 Å². The molecule has 0 amide bonds. The molecule has 0 aromatic carbocycles. The zero-order chi connectivity index (χ0) is 12.0. The van der Waals surface area contributed by atoms with Crippen LogP contribution in [0.2, 0.25) is 0 Å². The number of aliphatic hydroxyl groups is 1. The quantitative estimate of drug-likeness (QED) is 0.708. The molecule has 1 aliphatic rings. The lowest BCUT2D eigenvalue weighted by Crippen LogP contribution is -2.40. The van der Waals surface area contributed by atoms with Gasteiger partial charge in [-0.3, -0.25) is 0 Å². The molecule has 0 saturated heterocycles. The largest absolute Gasteiger partial charge is 0.396 e. The summed E-state index contributed by atoms with van der Waals surface area (Å²) in [6.07, 6.45) is 8.41. The molecule has 1 saturated carbocycles. The van der Waals surface area contributed by atoms with Gasteiger partial charge in [0, 0.05) is 24.6 Å². The van der Waals surface area contributed by atoms with Gasteiger partial charge >= 0.3 is 0 Å². The number of hydrogen-bond donors (Lipinski definition) is 2. The van der Waals surface area contributed by atoms with Crippen molar-refractivity contribution in [2.24, 2.45) is 11.3 Å². The fraction of sp³-hybridized carbons (Fsp3) is 1.00. The van der Waals surface area contributed by atoms with E-state index in [0.717, 1.165) is 12.5 Å². The molecule has 0 aromatic rings. The number of aliphatic hydroxyl groups excluding tert-OH is 1. The average molecular weight is 227 g/mol.